The molecule has 1 aliphatic rings. The van der Waals surface area contributed by atoms with Gasteiger partial charge in [0.2, 0.25) is 0 Å². The van der Waals surface area contributed by atoms with E-state index in [2.05, 4.69) is 33.1 Å². The van der Waals surface area contributed by atoms with Gasteiger partial charge < -0.3 is 21.1 Å². The minimum Gasteiger partial charge on any atom is -0.481 e. The molecule has 0 fully saturated rings. The van der Waals surface area contributed by atoms with Gasteiger partial charge in [0.25, 0.3) is 0 Å². The molecule has 0 amide bonds. The fourth-order valence-electron chi connectivity index (χ4n) is 4.22. The molecule has 6 nitrogen and oxygen atoms in total. The largest absolute Gasteiger partial charge is 0.481 e. The van der Waals surface area contributed by atoms with Crippen LogP contribution in [0.2, 0.25) is 0 Å². The highest BCUT2D eigenvalue weighted by atomic mass is 19.1. The van der Waals surface area contributed by atoms with Crippen molar-refractivity contribution >= 4 is 17.5 Å². The lowest BCUT2D eigenvalue weighted by Gasteiger charge is -2.34. The lowest BCUT2D eigenvalue weighted by Crippen LogP contribution is -2.44. The SMILES string of the molecule is Cc1ccc([C@@H](C)C(=O)O)cc1CCN[C@H](c1ccccc1)[C@H]1CNc2cc(F)cnc2N1. The molecule has 0 unspecified atom stereocenters. The molecule has 4 rings (SSSR count). The molecule has 172 valence electrons. The summed E-state index contributed by atoms with van der Waals surface area (Å²) in [6.45, 7) is 5.09. The number of benzene rings is 2. The van der Waals surface area contributed by atoms with Gasteiger partial charge in [-0.2, -0.15) is 0 Å². The Hall–Kier alpha value is -3.45. The molecule has 1 aromatic heterocycles. The van der Waals surface area contributed by atoms with Gasteiger partial charge in [0.1, 0.15) is 11.6 Å². The predicted molar refractivity (Wildman–Crippen MR) is 128 cm³/mol. The number of hydrogen-bond acceptors (Lipinski definition) is 5. The van der Waals surface area contributed by atoms with E-state index in [1.165, 1.54) is 12.3 Å². The van der Waals surface area contributed by atoms with E-state index in [-0.39, 0.29) is 17.9 Å². The third kappa shape index (κ3) is 5.31. The summed E-state index contributed by atoms with van der Waals surface area (Å²) in [7, 11) is 0. The Balaban J connectivity index is 1.49. The summed E-state index contributed by atoms with van der Waals surface area (Å²) in [5.41, 5.74) is 4.91. The number of aromatic nitrogens is 1. The summed E-state index contributed by atoms with van der Waals surface area (Å²) in [6, 6.07) is 17.6. The number of fused-ring (bicyclic) bond motifs is 1. The first-order valence-electron chi connectivity index (χ1n) is 11.2. The Kier molecular flexibility index (Phi) is 6.89. The summed E-state index contributed by atoms with van der Waals surface area (Å²) >= 11 is 0. The van der Waals surface area contributed by atoms with Crippen LogP contribution in [0.3, 0.4) is 0 Å². The second kappa shape index (κ2) is 10.0. The molecule has 0 aliphatic carbocycles. The molecule has 0 saturated carbocycles. The minimum absolute atomic E-state index is 0.000125. The van der Waals surface area contributed by atoms with Gasteiger partial charge in [0.05, 0.1) is 29.9 Å². The van der Waals surface area contributed by atoms with Crippen LogP contribution in [0.4, 0.5) is 15.9 Å². The maximum Gasteiger partial charge on any atom is 0.310 e. The van der Waals surface area contributed by atoms with Crippen molar-refractivity contribution in [2.75, 3.05) is 23.7 Å². The average Bonchev–Trinajstić information content (AvgIpc) is 2.82. The number of carboxylic acids is 1. The number of carboxylic acid groups (broad SMARTS) is 1. The fourth-order valence-corrected chi connectivity index (χ4v) is 4.22. The zero-order valence-corrected chi connectivity index (χ0v) is 18.8. The number of carbonyl (C=O) groups is 1. The number of hydrogen-bond donors (Lipinski definition) is 4. The van der Waals surface area contributed by atoms with Gasteiger partial charge in [-0.3, -0.25) is 4.79 Å². The summed E-state index contributed by atoms with van der Waals surface area (Å²) in [5.74, 6) is -1.09. The molecular formula is C26H29FN4O2. The van der Waals surface area contributed by atoms with Gasteiger partial charge >= 0.3 is 5.97 Å². The third-order valence-corrected chi connectivity index (χ3v) is 6.25. The van der Waals surface area contributed by atoms with Crippen LogP contribution in [0, 0.1) is 12.7 Å². The Morgan fingerprint density at radius 3 is 2.76 bits per heavy atom. The van der Waals surface area contributed by atoms with E-state index < -0.39 is 11.9 Å². The van der Waals surface area contributed by atoms with Crippen LogP contribution in [0.25, 0.3) is 0 Å². The number of pyridine rings is 1. The standard InChI is InChI=1S/C26H29FN4O2/c1-16-8-9-20(17(2)26(32)33)12-19(16)10-11-28-24(18-6-4-3-5-7-18)23-15-29-22-13-21(27)14-30-25(22)31-23/h3-9,12-14,17,23-24,28-29H,10-11,15H2,1-2H3,(H,30,31)(H,32,33)/t17-,23-,24-/m1/s1. The second-order valence-electron chi connectivity index (χ2n) is 8.52. The van der Waals surface area contributed by atoms with Crippen LogP contribution in [0.5, 0.6) is 0 Å². The normalized spacial score (nSPS) is 16.8. The maximum absolute atomic E-state index is 13.5. The number of nitrogens with one attached hydrogen (secondary N) is 3. The van der Waals surface area contributed by atoms with E-state index in [1.807, 2.05) is 43.3 Å². The molecule has 7 heteroatoms. The number of anilines is 2. The first-order valence-corrected chi connectivity index (χ1v) is 11.2. The highest BCUT2D eigenvalue weighted by molar-refractivity contribution is 5.75. The van der Waals surface area contributed by atoms with Crippen LogP contribution < -0.4 is 16.0 Å². The molecule has 2 aromatic carbocycles. The average molecular weight is 449 g/mol. The topological polar surface area (TPSA) is 86.3 Å². The van der Waals surface area contributed by atoms with Gasteiger partial charge in [-0.05, 0) is 49.1 Å². The minimum atomic E-state index is -0.822. The van der Waals surface area contributed by atoms with Crippen molar-refractivity contribution in [2.24, 2.45) is 0 Å². The Labute approximate surface area is 193 Å². The van der Waals surface area contributed by atoms with E-state index in [1.54, 1.807) is 6.92 Å². The number of halogens is 1. The predicted octanol–water partition coefficient (Wildman–Crippen LogP) is 4.50. The van der Waals surface area contributed by atoms with E-state index in [0.717, 1.165) is 28.7 Å². The molecule has 3 atom stereocenters. The summed E-state index contributed by atoms with van der Waals surface area (Å²) < 4.78 is 13.5. The van der Waals surface area contributed by atoms with Crippen LogP contribution in [0.15, 0.2) is 60.8 Å². The smallest absolute Gasteiger partial charge is 0.310 e. The van der Waals surface area contributed by atoms with Gasteiger partial charge in [-0.25, -0.2) is 9.37 Å². The number of rotatable bonds is 8. The second-order valence-corrected chi connectivity index (χ2v) is 8.52. The van der Waals surface area contributed by atoms with Crippen molar-refractivity contribution in [3.63, 3.8) is 0 Å². The van der Waals surface area contributed by atoms with Crippen molar-refractivity contribution in [3.8, 4) is 0 Å². The molecule has 0 radical (unpaired) electrons. The molecule has 0 bridgehead atoms. The first-order chi connectivity index (χ1) is 15.9. The number of aryl methyl sites for hydroxylation is 1. The van der Waals surface area contributed by atoms with Crippen molar-refractivity contribution in [1.82, 2.24) is 10.3 Å². The quantitative estimate of drug-likeness (QED) is 0.406. The molecule has 33 heavy (non-hydrogen) atoms. The van der Waals surface area contributed by atoms with Crippen LogP contribution in [-0.2, 0) is 11.2 Å². The molecule has 1 aliphatic heterocycles. The lowest BCUT2D eigenvalue weighted by molar-refractivity contribution is -0.138. The zero-order valence-electron chi connectivity index (χ0n) is 18.8. The zero-order chi connectivity index (χ0) is 23.4. The summed E-state index contributed by atoms with van der Waals surface area (Å²) in [6.07, 6.45) is 1.99. The van der Waals surface area contributed by atoms with E-state index in [4.69, 9.17) is 0 Å². The summed E-state index contributed by atoms with van der Waals surface area (Å²) in [5, 5.41) is 19.8. The number of nitrogens with zero attached hydrogens (tertiary/aromatic N) is 1. The van der Waals surface area contributed by atoms with Gasteiger partial charge in [-0.15, -0.1) is 0 Å². The molecule has 2 heterocycles. The fraction of sp³-hybridized carbons (Fsp3) is 0.308. The Morgan fingerprint density at radius 1 is 1.21 bits per heavy atom. The van der Waals surface area contributed by atoms with E-state index >= 15 is 0 Å². The molecular weight excluding hydrogens is 419 g/mol. The molecule has 0 spiro atoms. The van der Waals surface area contributed by atoms with Crippen LogP contribution >= 0.6 is 0 Å². The lowest BCUT2D eigenvalue weighted by atomic mass is 9.94. The van der Waals surface area contributed by atoms with Crippen molar-refractivity contribution in [2.45, 2.75) is 38.3 Å². The Morgan fingerprint density at radius 2 is 2.00 bits per heavy atom. The maximum atomic E-state index is 13.5. The van der Waals surface area contributed by atoms with Crippen molar-refractivity contribution in [1.29, 1.82) is 0 Å². The van der Waals surface area contributed by atoms with E-state index in [9.17, 15) is 14.3 Å². The van der Waals surface area contributed by atoms with Crippen LogP contribution in [0.1, 0.15) is 41.1 Å². The molecule has 0 saturated heterocycles. The Bertz CT molecular complexity index is 1120. The first kappa shape index (κ1) is 22.7. The highest BCUT2D eigenvalue weighted by Gasteiger charge is 2.27. The highest BCUT2D eigenvalue weighted by Crippen LogP contribution is 2.29. The van der Waals surface area contributed by atoms with E-state index in [0.29, 0.717) is 24.6 Å². The van der Waals surface area contributed by atoms with Gasteiger partial charge in [0.15, 0.2) is 0 Å². The van der Waals surface area contributed by atoms with Gasteiger partial charge in [0, 0.05) is 12.6 Å². The monoisotopic (exact) mass is 448 g/mol. The third-order valence-electron chi connectivity index (χ3n) is 6.25. The summed E-state index contributed by atoms with van der Waals surface area (Å²) in [4.78, 5) is 15.6. The van der Waals surface area contributed by atoms with Crippen molar-refractivity contribution < 1.29 is 14.3 Å². The van der Waals surface area contributed by atoms with Gasteiger partial charge in [-0.1, -0.05) is 48.5 Å². The molecule has 4 N–H and O–H groups in total. The van der Waals surface area contributed by atoms with Crippen molar-refractivity contribution in [3.05, 3.63) is 88.9 Å². The number of aliphatic carboxylic acids is 1. The molecule has 3 aromatic rings. The van der Waals surface area contributed by atoms with Crippen LogP contribution in [-0.4, -0.2) is 35.2 Å².